The largest absolute Gasteiger partial charge is 0.397 e. The van der Waals surface area contributed by atoms with E-state index < -0.39 is 42.7 Å². The minimum Gasteiger partial charge on any atom is -0.324 e. The highest BCUT2D eigenvalue weighted by Crippen LogP contribution is 2.22. The Bertz CT molecular complexity index is 1550. The summed E-state index contributed by atoms with van der Waals surface area (Å²) in [5.41, 5.74) is 0.610. The molecule has 0 unspecified atom stereocenters. The second-order valence-corrected chi connectivity index (χ2v) is 11.6. The van der Waals surface area contributed by atoms with Gasteiger partial charge in [-0.25, -0.2) is 12.6 Å². The summed E-state index contributed by atoms with van der Waals surface area (Å²) in [7, 11) is -13.1. The summed E-state index contributed by atoms with van der Waals surface area (Å²) in [6, 6.07) is 10.5. The highest BCUT2D eigenvalue weighted by molar-refractivity contribution is 7.91. The Hall–Kier alpha value is -2.93. The molecule has 14 nitrogen and oxygen atoms in total. The number of aromatic nitrogens is 3. The van der Waals surface area contributed by atoms with Gasteiger partial charge in [-0.05, 0) is 54.1 Å². The fraction of sp³-hybridized carbons (Fsp3) is 0.118. The average Bonchev–Trinajstić information content (AvgIpc) is 2.72. The Morgan fingerprint density at radius 3 is 1.97 bits per heavy atom. The Labute approximate surface area is 205 Å². The number of hydrogen-bond donors (Lipinski definition) is 4. The van der Waals surface area contributed by atoms with Crippen molar-refractivity contribution >= 4 is 65.2 Å². The molecule has 0 aliphatic rings. The highest BCUT2D eigenvalue weighted by Gasteiger charge is 2.17. The SMILES string of the molecule is O=S(=O)(O)OCCS(=O)(=O)c1cccc(Nc2nc(Cl)nc(Nc3ccc(S(=O)(=O)O)cc3)n2)c1. The lowest BCUT2D eigenvalue weighted by Crippen LogP contribution is -2.15. The maximum Gasteiger partial charge on any atom is 0.397 e. The molecule has 0 radical (unpaired) electrons. The number of sulfone groups is 1. The Balaban J connectivity index is 1.76. The van der Waals surface area contributed by atoms with E-state index in [1.165, 1.54) is 36.4 Å². The predicted molar refractivity (Wildman–Crippen MR) is 124 cm³/mol. The van der Waals surface area contributed by atoms with Crippen molar-refractivity contribution in [1.29, 1.82) is 0 Å². The van der Waals surface area contributed by atoms with Gasteiger partial charge in [0.25, 0.3) is 10.1 Å². The molecule has 3 aromatic rings. The van der Waals surface area contributed by atoms with Crippen LogP contribution in [0.4, 0.5) is 23.3 Å². The van der Waals surface area contributed by atoms with Gasteiger partial charge < -0.3 is 10.6 Å². The minimum absolute atomic E-state index is 0.0294. The van der Waals surface area contributed by atoms with Crippen molar-refractivity contribution in [3.63, 3.8) is 0 Å². The van der Waals surface area contributed by atoms with Crippen molar-refractivity contribution in [2.45, 2.75) is 9.79 Å². The minimum atomic E-state index is -4.77. The van der Waals surface area contributed by atoms with E-state index in [-0.39, 0.29) is 32.7 Å². The van der Waals surface area contributed by atoms with Gasteiger partial charge in [0, 0.05) is 11.4 Å². The van der Waals surface area contributed by atoms with E-state index in [2.05, 4.69) is 29.8 Å². The molecule has 3 rings (SSSR count). The van der Waals surface area contributed by atoms with Crippen molar-refractivity contribution in [3.05, 3.63) is 53.8 Å². The fourth-order valence-electron chi connectivity index (χ4n) is 2.56. The average molecular weight is 566 g/mol. The van der Waals surface area contributed by atoms with Crippen LogP contribution in [0.1, 0.15) is 0 Å². The zero-order chi connectivity index (χ0) is 25.9. The van der Waals surface area contributed by atoms with Gasteiger partial charge in [-0.15, -0.1) is 0 Å². The number of nitrogens with one attached hydrogen (secondary N) is 2. The normalized spacial score (nSPS) is 12.3. The second kappa shape index (κ2) is 10.4. The lowest BCUT2D eigenvalue weighted by molar-refractivity contribution is 0.284. The lowest BCUT2D eigenvalue weighted by atomic mass is 10.3. The van der Waals surface area contributed by atoms with Gasteiger partial charge in [0.2, 0.25) is 17.2 Å². The van der Waals surface area contributed by atoms with Crippen molar-refractivity contribution < 1.29 is 38.5 Å². The predicted octanol–water partition coefficient (Wildman–Crippen LogP) is 1.85. The summed E-state index contributed by atoms with van der Waals surface area (Å²) in [6.07, 6.45) is 0. The quantitative estimate of drug-likeness (QED) is 0.258. The van der Waals surface area contributed by atoms with Crippen molar-refractivity contribution in [3.8, 4) is 0 Å². The smallest absolute Gasteiger partial charge is 0.324 e. The topological polar surface area (TPSA) is 215 Å². The molecule has 35 heavy (non-hydrogen) atoms. The molecule has 1 heterocycles. The second-order valence-electron chi connectivity index (χ2n) is 6.60. The summed E-state index contributed by atoms with van der Waals surface area (Å²) >= 11 is 5.93. The summed E-state index contributed by atoms with van der Waals surface area (Å²) in [5.74, 6) is -0.803. The van der Waals surface area contributed by atoms with E-state index >= 15 is 0 Å². The van der Waals surface area contributed by atoms with Crippen LogP contribution in [0.5, 0.6) is 0 Å². The van der Waals surface area contributed by atoms with Crippen LogP contribution >= 0.6 is 11.6 Å². The van der Waals surface area contributed by atoms with E-state index in [9.17, 15) is 25.3 Å². The van der Waals surface area contributed by atoms with Crippen LogP contribution in [0.3, 0.4) is 0 Å². The molecule has 0 saturated carbocycles. The molecule has 0 amide bonds. The van der Waals surface area contributed by atoms with E-state index in [0.717, 1.165) is 12.1 Å². The number of nitrogens with zero attached hydrogens (tertiary/aromatic N) is 3. The molecule has 2 aromatic carbocycles. The third-order valence-corrected chi connectivity index (χ3v) is 7.23. The molecule has 188 valence electrons. The van der Waals surface area contributed by atoms with Crippen molar-refractivity contribution in [1.82, 2.24) is 15.0 Å². The van der Waals surface area contributed by atoms with Crippen molar-refractivity contribution in [2.24, 2.45) is 0 Å². The molecule has 0 bridgehead atoms. The molecule has 0 aliphatic heterocycles. The Kier molecular flexibility index (Phi) is 7.90. The lowest BCUT2D eigenvalue weighted by Gasteiger charge is -2.10. The number of anilines is 4. The van der Waals surface area contributed by atoms with E-state index in [1.807, 2.05) is 0 Å². The van der Waals surface area contributed by atoms with E-state index in [4.69, 9.17) is 20.7 Å². The van der Waals surface area contributed by atoms with Crippen LogP contribution in [-0.4, -0.2) is 61.7 Å². The first-order valence-electron chi connectivity index (χ1n) is 9.19. The summed E-state index contributed by atoms with van der Waals surface area (Å²) < 4.78 is 89.9. The molecule has 18 heteroatoms. The molecule has 4 N–H and O–H groups in total. The Morgan fingerprint density at radius 2 is 1.40 bits per heavy atom. The van der Waals surface area contributed by atoms with Gasteiger partial charge in [0.15, 0.2) is 9.84 Å². The van der Waals surface area contributed by atoms with Crippen LogP contribution < -0.4 is 10.6 Å². The zero-order valence-electron chi connectivity index (χ0n) is 17.2. The first-order chi connectivity index (χ1) is 16.2. The summed E-state index contributed by atoms with van der Waals surface area (Å²) in [4.78, 5) is 11.4. The van der Waals surface area contributed by atoms with Crippen LogP contribution in [0.25, 0.3) is 0 Å². The maximum absolute atomic E-state index is 12.4. The van der Waals surface area contributed by atoms with Crippen molar-refractivity contribution in [2.75, 3.05) is 23.0 Å². The molecule has 0 aliphatic carbocycles. The molecule has 0 spiro atoms. The molecule has 0 fully saturated rings. The molecular formula is C17H16ClN5O9S3. The summed E-state index contributed by atoms with van der Waals surface area (Å²) in [6.45, 7) is -0.776. The van der Waals surface area contributed by atoms with Gasteiger partial charge >= 0.3 is 10.4 Å². The maximum atomic E-state index is 12.4. The van der Waals surface area contributed by atoms with E-state index in [1.54, 1.807) is 0 Å². The van der Waals surface area contributed by atoms with Gasteiger partial charge in [-0.1, -0.05) is 6.07 Å². The van der Waals surface area contributed by atoms with E-state index in [0.29, 0.717) is 5.69 Å². The van der Waals surface area contributed by atoms with Gasteiger partial charge in [0.05, 0.1) is 22.2 Å². The first-order valence-corrected chi connectivity index (χ1v) is 14.0. The van der Waals surface area contributed by atoms with Crippen LogP contribution in [0, 0.1) is 0 Å². The highest BCUT2D eigenvalue weighted by atomic mass is 35.5. The number of hydrogen-bond acceptors (Lipinski definition) is 12. The van der Waals surface area contributed by atoms with Crippen LogP contribution in [0.15, 0.2) is 58.3 Å². The van der Waals surface area contributed by atoms with Gasteiger partial charge in [-0.3, -0.25) is 9.11 Å². The standard InChI is InChI=1S/C17H16ClN5O9S3/c18-15-21-16(19-11-4-6-13(7-5-11)34(26,27)28)23-17(22-15)20-12-2-1-3-14(10-12)33(24,25)9-8-32-35(29,30)31/h1-7,10H,8-9H2,(H,26,27,28)(H,29,30,31)(H2,19,20,21,22,23). The monoisotopic (exact) mass is 565 g/mol. The molecule has 0 atom stereocenters. The molecule has 0 saturated heterocycles. The van der Waals surface area contributed by atoms with Gasteiger partial charge in [0.1, 0.15) is 0 Å². The zero-order valence-corrected chi connectivity index (χ0v) is 20.4. The number of rotatable bonds is 10. The fourth-order valence-corrected chi connectivity index (χ4v) is 4.73. The van der Waals surface area contributed by atoms with Crippen LogP contribution in [-0.2, 0) is 34.5 Å². The number of benzene rings is 2. The molecular weight excluding hydrogens is 550 g/mol. The molecule has 1 aromatic heterocycles. The first kappa shape index (κ1) is 26.7. The Morgan fingerprint density at radius 1 is 0.800 bits per heavy atom. The number of halogens is 1. The van der Waals surface area contributed by atoms with Gasteiger partial charge in [-0.2, -0.15) is 31.8 Å². The third kappa shape index (κ3) is 8.06. The van der Waals surface area contributed by atoms with Crippen LogP contribution in [0.2, 0.25) is 5.28 Å². The third-order valence-electron chi connectivity index (χ3n) is 4.05. The summed E-state index contributed by atoms with van der Waals surface area (Å²) in [5, 5.41) is 5.32.